The lowest BCUT2D eigenvalue weighted by molar-refractivity contribution is 0.0965. The molecule has 0 fully saturated rings. The lowest BCUT2D eigenvalue weighted by Gasteiger charge is -2.02. The molecule has 14 heavy (non-hydrogen) atoms. The molecule has 0 saturated heterocycles. The van der Waals surface area contributed by atoms with Crippen LogP contribution < -0.4 is 10.6 Å². The second kappa shape index (κ2) is 3.80. The minimum Gasteiger partial charge on any atom is -0.348 e. The molecule has 0 spiro atoms. The summed E-state index contributed by atoms with van der Waals surface area (Å²) in [6.07, 6.45) is 0.969. The van der Waals surface area contributed by atoms with Crippen molar-refractivity contribution in [3.8, 4) is 0 Å². The molecule has 74 valence electrons. The number of amides is 1. The van der Waals surface area contributed by atoms with Crippen LogP contribution in [0.3, 0.4) is 0 Å². The Labute approximate surface area is 83.5 Å². The molecule has 3 heteroatoms. The van der Waals surface area contributed by atoms with Gasteiger partial charge >= 0.3 is 0 Å². The number of hydrogen-bond donors (Lipinski definition) is 2. The summed E-state index contributed by atoms with van der Waals surface area (Å²) in [6.45, 7) is 1.63. The number of nitrogens with one attached hydrogen (secondary N) is 2. The number of hydrogen-bond acceptors (Lipinski definition) is 2. The van der Waals surface area contributed by atoms with E-state index in [1.807, 2.05) is 19.2 Å². The lowest BCUT2D eigenvalue weighted by atomic mass is 10.0. The Morgan fingerprint density at radius 2 is 2.36 bits per heavy atom. The third-order valence-electron chi connectivity index (χ3n) is 2.52. The highest BCUT2D eigenvalue weighted by molar-refractivity contribution is 5.98. The SMILES string of the molecule is CNCCc1ccc2c(c1)C(=O)NC2. The maximum absolute atomic E-state index is 11.4. The molecule has 2 rings (SSSR count). The molecule has 1 heterocycles. The largest absolute Gasteiger partial charge is 0.348 e. The fraction of sp³-hybridized carbons (Fsp3) is 0.364. The van der Waals surface area contributed by atoms with Gasteiger partial charge in [-0.2, -0.15) is 0 Å². The van der Waals surface area contributed by atoms with Crippen molar-refractivity contribution in [2.45, 2.75) is 13.0 Å². The van der Waals surface area contributed by atoms with E-state index in [9.17, 15) is 4.79 Å². The minimum atomic E-state index is 0.0614. The van der Waals surface area contributed by atoms with Crippen molar-refractivity contribution in [2.24, 2.45) is 0 Å². The summed E-state index contributed by atoms with van der Waals surface area (Å²) in [5.41, 5.74) is 3.18. The normalized spacial score (nSPS) is 13.9. The average Bonchev–Trinajstić information content (AvgIpc) is 2.57. The summed E-state index contributed by atoms with van der Waals surface area (Å²) in [7, 11) is 1.93. The van der Waals surface area contributed by atoms with Gasteiger partial charge < -0.3 is 10.6 Å². The van der Waals surface area contributed by atoms with Crippen molar-refractivity contribution in [3.05, 3.63) is 34.9 Å². The van der Waals surface area contributed by atoms with E-state index in [1.165, 1.54) is 5.56 Å². The van der Waals surface area contributed by atoms with Crippen molar-refractivity contribution < 1.29 is 4.79 Å². The van der Waals surface area contributed by atoms with Gasteiger partial charge in [0.15, 0.2) is 0 Å². The summed E-state index contributed by atoms with van der Waals surface area (Å²) in [6, 6.07) is 6.13. The Morgan fingerprint density at radius 3 is 3.14 bits per heavy atom. The molecule has 1 aliphatic heterocycles. The highest BCUT2D eigenvalue weighted by atomic mass is 16.1. The second-order valence-electron chi connectivity index (χ2n) is 3.53. The first-order valence-corrected chi connectivity index (χ1v) is 4.86. The molecule has 2 N–H and O–H groups in total. The molecule has 0 bridgehead atoms. The van der Waals surface area contributed by atoms with Gasteiger partial charge in [0, 0.05) is 12.1 Å². The molecule has 0 radical (unpaired) electrons. The summed E-state index contributed by atoms with van der Waals surface area (Å²) in [5, 5.41) is 5.91. The first-order valence-electron chi connectivity index (χ1n) is 4.86. The van der Waals surface area contributed by atoms with E-state index >= 15 is 0 Å². The van der Waals surface area contributed by atoms with E-state index < -0.39 is 0 Å². The number of fused-ring (bicyclic) bond motifs is 1. The molecule has 3 nitrogen and oxygen atoms in total. The number of benzene rings is 1. The third-order valence-corrected chi connectivity index (χ3v) is 2.52. The van der Waals surface area contributed by atoms with E-state index in [4.69, 9.17) is 0 Å². The molecule has 0 unspecified atom stereocenters. The molecule has 1 aromatic rings. The Bertz CT molecular complexity index is 360. The molecule has 0 aliphatic carbocycles. The lowest BCUT2D eigenvalue weighted by Crippen LogP contribution is -2.13. The number of carbonyl (C=O) groups is 1. The quantitative estimate of drug-likeness (QED) is 0.736. The standard InChI is InChI=1S/C11H14N2O/c1-12-5-4-8-2-3-9-7-13-11(14)10(9)6-8/h2-3,6,12H,4-5,7H2,1H3,(H,13,14). The molecule has 0 atom stereocenters. The van der Waals surface area contributed by atoms with Crippen LogP contribution in [0.1, 0.15) is 21.5 Å². The van der Waals surface area contributed by atoms with Crippen LogP contribution in [0.15, 0.2) is 18.2 Å². The van der Waals surface area contributed by atoms with Gasteiger partial charge in [0.05, 0.1) is 0 Å². The minimum absolute atomic E-state index is 0.0614. The van der Waals surface area contributed by atoms with Crippen LogP contribution in [0.5, 0.6) is 0 Å². The maximum Gasteiger partial charge on any atom is 0.251 e. The molecule has 1 amide bonds. The monoisotopic (exact) mass is 190 g/mol. The summed E-state index contributed by atoms with van der Waals surface area (Å²) < 4.78 is 0. The molecule has 0 saturated carbocycles. The first kappa shape index (κ1) is 9.21. The second-order valence-corrected chi connectivity index (χ2v) is 3.53. The molecular weight excluding hydrogens is 176 g/mol. The van der Waals surface area contributed by atoms with Crippen molar-refractivity contribution >= 4 is 5.91 Å². The van der Waals surface area contributed by atoms with Gasteiger partial charge in [0.2, 0.25) is 0 Å². The van der Waals surface area contributed by atoms with Crippen molar-refractivity contribution in [3.63, 3.8) is 0 Å². The summed E-state index contributed by atoms with van der Waals surface area (Å²) in [5.74, 6) is 0.0614. The Hall–Kier alpha value is -1.35. The van der Waals surface area contributed by atoms with Crippen LogP contribution in [0.2, 0.25) is 0 Å². The van der Waals surface area contributed by atoms with Crippen molar-refractivity contribution in [1.82, 2.24) is 10.6 Å². The van der Waals surface area contributed by atoms with Gasteiger partial charge in [-0.05, 0) is 37.2 Å². The van der Waals surface area contributed by atoms with Crippen molar-refractivity contribution in [2.75, 3.05) is 13.6 Å². The smallest absolute Gasteiger partial charge is 0.251 e. The fourth-order valence-corrected chi connectivity index (χ4v) is 1.68. The highest BCUT2D eigenvalue weighted by Gasteiger charge is 2.18. The van der Waals surface area contributed by atoms with Crippen molar-refractivity contribution in [1.29, 1.82) is 0 Å². The summed E-state index contributed by atoms with van der Waals surface area (Å²) in [4.78, 5) is 11.4. The maximum atomic E-state index is 11.4. The van der Waals surface area contributed by atoms with Gasteiger partial charge in [-0.1, -0.05) is 12.1 Å². The van der Waals surface area contributed by atoms with E-state index in [0.717, 1.165) is 24.1 Å². The topological polar surface area (TPSA) is 41.1 Å². The predicted molar refractivity (Wildman–Crippen MR) is 55.2 cm³/mol. The highest BCUT2D eigenvalue weighted by Crippen LogP contribution is 2.17. The van der Waals surface area contributed by atoms with Gasteiger partial charge in [0.1, 0.15) is 0 Å². The van der Waals surface area contributed by atoms with Gasteiger partial charge in [-0.3, -0.25) is 4.79 Å². The zero-order chi connectivity index (χ0) is 9.97. The van der Waals surface area contributed by atoms with E-state index in [0.29, 0.717) is 6.54 Å². The van der Waals surface area contributed by atoms with Crippen LogP contribution in [0.4, 0.5) is 0 Å². The number of carbonyl (C=O) groups excluding carboxylic acids is 1. The van der Waals surface area contributed by atoms with Crippen LogP contribution in [0, 0.1) is 0 Å². The fourth-order valence-electron chi connectivity index (χ4n) is 1.68. The van der Waals surface area contributed by atoms with E-state index in [1.54, 1.807) is 0 Å². The van der Waals surface area contributed by atoms with Crippen LogP contribution in [-0.4, -0.2) is 19.5 Å². The Morgan fingerprint density at radius 1 is 1.50 bits per heavy atom. The molecule has 0 aromatic heterocycles. The molecular formula is C11H14N2O. The van der Waals surface area contributed by atoms with E-state index in [-0.39, 0.29) is 5.91 Å². The zero-order valence-corrected chi connectivity index (χ0v) is 8.26. The molecule has 1 aliphatic rings. The number of likely N-dealkylation sites (N-methyl/N-ethyl adjacent to an activating group) is 1. The molecule has 1 aromatic carbocycles. The number of rotatable bonds is 3. The van der Waals surface area contributed by atoms with Crippen LogP contribution in [-0.2, 0) is 13.0 Å². The van der Waals surface area contributed by atoms with Crippen LogP contribution >= 0.6 is 0 Å². The Kier molecular flexibility index (Phi) is 2.50. The Balaban J connectivity index is 2.21. The van der Waals surface area contributed by atoms with E-state index in [2.05, 4.69) is 16.7 Å². The third kappa shape index (κ3) is 1.63. The average molecular weight is 190 g/mol. The zero-order valence-electron chi connectivity index (χ0n) is 8.26. The van der Waals surface area contributed by atoms with Gasteiger partial charge in [0.25, 0.3) is 5.91 Å². The first-order chi connectivity index (χ1) is 6.81. The summed E-state index contributed by atoms with van der Waals surface area (Å²) >= 11 is 0. The van der Waals surface area contributed by atoms with Gasteiger partial charge in [-0.25, -0.2) is 0 Å². The predicted octanol–water partition coefficient (Wildman–Crippen LogP) is 0.692. The van der Waals surface area contributed by atoms with Crippen LogP contribution in [0.25, 0.3) is 0 Å². The van der Waals surface area contributed by atoms with Gasteiger partial charge in [-0.15, -0.1) is 0 Å².